The van der Waals surface area contributed by atoms with Gasteiger partial charge in [0.25, 0.3) is 5.91 Å². The molecular weight excluding hydrogens is 252 g/mol. The Balaban J connectivity index is 1.66. The van der Waals surface area contributed by atoms with Gasteiger partial charge >= 0.3 is 0 Å². The average molecular weight is 266 g/mol. The lowest BCUT2D eigenvalue weighted by molar-refractivity contribution is 0.0950. The third-order valence-corrected chi connectivity index (χ3v) is 3.03. The molecule has 100 valence electrons. The smallest absolute Gasteiger partial charge is 0.251 e. The molecule has 0 aliphatic carbocycles. The third-order valence-electron chi connectivity index (χ3n) is 3.03. The lowest BCUT2D eigenvalue weighted by Crippen LogP contribution is -2.22. The first-order valence-electron chi connectivity index (χ1n) is 6.32. The topological polar surface area (TPSA) is 62.7 Å². The molecule has 0 bridgehead atoms. The number of hydrogen-bond donors (Lipinski definition) is 2. The number of carbonyl (C=O) groups excluding carboxylic acids is 1. The van der Waals surface area contributed by atoms with Gasteiger partial charge in [0.1, 0.15) is 0 Å². The molecule has 2 aromatic heterocycles. The molecule has 1 amide bonds. The number of aromatic amines is 1. The first-order valence-corrected chi connectivity index (χ1v) is 6.32. The van der Waals surface area contributed by atoms with Gasteiger partial charge in [-0.25, -0.2) is 4.98 Å². The maximum Gasteiger partial charge on any atom is 0.251 e. The minimum atomic E-state index is -0.0985. The summed E-state index contributed by atoms with van der Waals surface area (Å²) in [5.74, 6) is -0.0985. The van der Waals surface area contributed by atoms with Crippen LogP contribution in [0.1, 0.15) is 16.1 Å². The Morgan fingerprint density at radius 1 is 1.20 bits per heavy atom. The molecule has 3 aromatic rings. The van der Waals surface area contributed by atoms with Gasteiger partial charge in [-0.15, -0.1) is 0 Å². The van der Waals surface area contributed by atoms with Gasteiger partial charge in [0.2, 0.25) is 0 Å². The van der Waals surface area contributed by atoms with Gasteiger partial charge in [-0.2, -0.15) is 0 Å². The average Bonchev–Trinajstić information content (AvgIpc) is 3.18. The van der Waals surface area contributed by atoms with Crippen LogP contribution in [0.4, 0.5) is 0 Å². The van der Waals surface area contributed by atoms with E-state index in [9.17, 15) is 4.79 Å². The van der Waals surface area contributed by atoms with Crippen molar-refractivity contribution in [2.75, 3.05) is 0 Å². The number of benzene rings is 1. The monoisotopic (exact) mass is 266 g/mol. The van der Waals surface area contributed by atoms with Gasteiger partial charge in [-0.3, -0.25) is 4.79 Å². The maximum atomic E-state index is 12.0. The van der Waals surface area contributed by atoms with Crippen molar-refractivity contribution in [3.8, 4) is 5.69 Å². The molecule has 5 heteroatoms. The molecule has 0 unspecified atom stereocenters. The minimum Gasteiger partial charge on any atom is -0.347 e. The summed E-state index contributed by atoms with van der Waals surface area (Å²) in [6.07, 6.45) is 7.21. The van der Waals surface area contributed by atoms with E-state index in [1.54, 1.807) is 12.5 Å². The Hall–Kier alpha value is -2.82. The number of hydrogen-bond acceptors (Lipinski definition) is 2. The summed E-state index contributed by atoms with van der Waals surface area (Å²) in [5, 5.41) is 2.84. The highest BCUT2D eigenvalue weighted by atomic mass is 16.1. The number of rotatable bonds is 4. The predicted molar refractivity (Wildman–Crippen MR) is 75.5 cm³/mol. The zero-order chi connectivity index (χ0) is 13.8. The molecule has 0 spiro atoms. The summed E-state index contributed by atoms with van der Waals surface area (Å²) >= 11 is 0. The van der Waals surface area contributed by atoms with Crippen LogP contribution in [0, 0.1) is 0 Å². The zero-order valence-electron chi connectivity index (χ0n) is 10.8. The minimum absolute atomic E-state index is 0.0985. The maximum absolute atomic E-state index is 12.0. The first-order chi connectivity index (χ1) is 9.83. The van der Waals surface area contributed by atoms with Crippen molar-refractivity contribution in [1.82, 2.24) is 19.9 Å². The summed E-state index contributed by atoms with van der Waals surface area (Å²) < 4.78 is 1.99. The molecule has 0 saturated carbocycles. The van der Waals surface area contributed by atoms with E-state index in [4.69, 9.17) is 0 Å². The SMILES string of the molecule is O=C(NCc1cnc[nH]1)c1ccc(-n2cccc2)cc1. The Bertz CT molecular complexity index is 669. The Morgan fingerprint density at radius 3 is 2.60 bits per heavy atom. The number of carbonyl (C=O) groups is 1. The first kappa shape index (κ1) is 12.2. The highest BCUT2D eigenvalue weighted by Gasteiger charge is 2.05. The van der Waals surface area contributed by atoms with Crippen molar-refractivity contribution >= 4 is 5.91 Å². The lowest BCUT2D eigenvalue weighted by Gasteiger charge is -2.06. The fraction of sp³-hybridized carbons (Fsp3) is 0.0667. The Morgan fingerprint density at radius 2 is 1.95 bits per heavy atom. The van der Waals surface area contributed by atoms with Crippen LogP contribution in [0.3, 0.4) is 0 Å². The third kappa shape index (κ3) is 2.61. The Kier molecular flexibility index (Phi) is 3.33. The number of H-pyrrole nitrogens is 1. The summed E-state index contributed by atoms with van der Waals surface area (Å²) in [7, 11) is 0. The largest absolute Gasteiger partial charge is 0.347 e. The fourth-order valence-electron chi connectivity index (χ4n) is 1.95. The van der Waals surface area contributed by atoms with Crippen LogP contribution in [0.5, 0.6) is 0 Å². The van der Waals surface area contributed by atoms with Crippen LogP contribution < -0.4 is 5.32 Å². The van der Waals surface area contributed by atoms with E-state index in [2.05, 4.69) is 15.3 Å². The quantitative estimate of drug-likeness (QED) is 0.760. The van der Waals surface area contributed by atoms with Crippen LogP contribution in [-0.2, 0) is 6.54 Å². The van der Waals surface area contributed by atoms with Crippen molar-refractivity contribution in [3.63, 3.8) is 0 Å². The molecule has 2 heterocycles. The highest BCUT2D eigenvalue weighted by molar-refractivity contribution is 5.94. The van der Waals surface area contributed by atoms with E-state index in [0.29, 0.717) is 12.1 Å². The second-order valence-electron chi connectivity index (χ2n) is 4.40. The molecule has 0 fully saturated rings. The van der Waals surface area contributed by atoms with E-state index in [0.717, 1.165) is 11.4 Å². The molecular formula is C15H14N4O. The lowest BCUT2D eigenvalue weighted by atomic mass is 10.2. The highest BCUT2D eigenvalue weighted by Crippen LogP contribution is 2.10. The van der Waals surface area contributed by atoms with E-state index in [1.807, 2.05) is 53.4 Å². The second kappa shape index (κ2) is 5.44. The molecule has 0 radical (unpaired) electrons. The molecule has 0 aliphatic heterocycles. The van der Waals surface area contributed by atoms with Gasteiger partial charge in [0.05, 0.1) is 18.6 Å². The zero-order valence-corrected chi connectivity index (χ0v) is 10.8. The van der Waals surface area contributed by atoms with Crippen LogP contribution in [0.25, 0.3) is 5.69 Å². The summed E-state index contributed by atoms with van der Waals surface area (Å²) in [6, 6.07) is 11.4. The molecule has 5 nitrogen and oxygen atoms in total. The normalized spacial score (nSPS) is 10.4. The van der Waals surface area contributed by atoms with Crippen LogP contribution in [0.2, 0.25) is 0 Å². The second-order valence-corrected chi connectivity index (χ2v) is 4.40. The number of amides is 1. The van der Waals surface area contributed by atoms with Gasteiger partial charge in [-0.1, -0.05) is 0 Å². The molecule has 0 aliphatic rings. The number of imidazole rings is 1. The summed E-state index contributed by atoms with van der Waals surface area (Å²) in [4.78, 5) is 18.8. The van der Waals surface area contributed by atoms with Crippen LogP contribution in [0.15, 0.2) is 61.3 Å². The van der Waals surface area contributed by atoms with Crippen molar-refractivity contribution in [1.29, 1.82) is 0 Å². The summed E-state index contributed by atoms with van der Waals surface area (Å²) in [6.45, 7) is 0.443. The van der Waals surface area contributed by atoms with E-state index < -0.39 is 0 Å². The molecule has 0 atom stereocenters. The van der Waals surface area contributed by atoms with E-state index >= 15 is 0 Å². The van der Waals surface area contributed by atoms with E-state index in [1.165, 1.54) is 0 Å². The van der Waals surface area contributed by atoms with Gasteiger partial charge in [-0.05, 0) is 36.4 Å². The Labute approximate surface area is 116 Å². The molecule has 3 rings (SSSR count). The van der Waals surface area contributed by atoms with Crippen molar-refractivity contribution < 1.29 is 4.79 Å². The molecule has 20 heavy (non-hydrogen) atoms. The van der Waals surface area contributed by atoms with Gasteiger partial charge < -0.3 is 14.9 Å². The van der Waals surface area contributed by atoms with Crippen LogP contribution in [-0.4, -0.2) is 20.4 Å². The van der Waals surface area contributed by atoms with Crippen molar-refractivity contribution in [2.45, 2.75) is 6.54 Å². The van der Waals surface area contributed by atoms with Gasteiger partial charge in [0, 0.05) is 29.8 Å². The molecule has 0 saturated heterocycles. The number of nitrogens with one attached hydrogen (secondary N) is 2. The number of aromatic nitrogens is 3. The van der Waals surface area contributed by atoms with Crippen molar-refractivity contribution in [3.05, 3.63) is 72.6 Å². The number of nitrogens with zero attached hydrogens (tertiary/aromatic N) is 2. The fourth-order valence-corrected chi connectivity index (χ4v) is 1.95. The summed E-state index contributed by atoms with van der Waals surface area (Å²) in [5.41, 5.74) is 2.54. The predicted octanol–water partition coefficient (Wildman–Crippen LogP) is 2.13. The molecule has 1 aromatic carbocycles. The standard InChI is InChI=1S/C15H14N4O/c20-15(17-10-13-9-16-11-18-13)12-3-5-14(6-4-12)19-7-1-2-8-19/h1-9,11H,10H2,(H,16,18)(H,17,20). The van der Waals surface area contributed by atoms with Crippen molar-refractivity contribution in [2.24, 2.45) is 0 Å². The van der Waals surface area contributed by atoms with E-state index in [-0.39, 0.29) is 5.91 Å². The van der Waals surface area contributed by atoms with Gasteiger partial charge in [0.15, 0.2) is 0 Å². The molecule has 2 N–H and O–H groups in total. The van der Waals surface area contributed by atoms with Crippen LogP contribution >= 0.6 is 0 Å².